The van der Waals surface area contributed by atoms with Crippen molar-refractivity contribution in [2.75, 3.05) is 26.2 Å². The van der Waals surface area contributed by atoms with Crippen molar-refractivity contribution < 1.29 is 14.3 Å². The molecule has 0 unspecified atom stereocenters. The fourth-order valence-corrected chi connectivity index (χ4v) is 5.28. The van der Waals surface area contributed by atoms with Crippen LogP contribution in [0.4, 0.5) is 0 Å². The minimum atomic E-state index is -0.222. The SMILES string of the molecule is Cc1ccc(CN2CCN(C(=O)c3ccc(C(=O)NC4CCC(Oc5ccc(C#N)cc5)CC4)nc3)CC2)cc1. The topological polar surface area (TPSA) is 98.6 Å². The molecule has 5 rings (SSSR count). The number of amides is 2. The fraction of sp³-hybridized carbons (Fsp3) is 0.375. The second-order valence-corrected chi connectivity index (χ2v) is 10.7. The first-order valence-corrected chi connectivity index (χ1v) is 14.0. The van der Waals surface area contributed by atoms with Crippen LogP contribution in [0.2, 0.25) is 0 Å². The number of aromatic nitrogens is 1. The zero-order valence-electron chi connectivity index (χ0n) is 22.9. The summed E-state index contributed by atoms with van der Waals surface area (Å²) >= 11 is 0. The molecule has 8 nitrogen and oxygen atoms in total. The van der Waals surface area contributed by atoms with Gasteiger partial charge in [0.05, 0.1) is 23.3 Å². The molecule has 2 heterocycles. The third kappa shape index (κ3) is 7.04. The molecule has 3 aromatic rings. The van der Waals surface area contributed by atoms with E-state index in [9.17, 15) is 9.59 Å². The van der Waals surface area contributed by atoms with Gasteiger partial charge in [0.15, 0.2) is 0 Å². The molecule has 1 aliphatic heterocycles. The maximum atomic E-state index is 13.0. The highest BCUT2D eigenvalue weighted by Crippen LogP contribution is 2.24. The van der Waals surface area contributed by atoms with Gasteiger partial charge in [-0.15, -0.1) is 0 Å². The zero-order valence-corrected chi connectivity index (χ0v) is 22.9. The second kappa shape index (κ2) is 12.8. The van der Waals surface area contributed by atoms with Crippen LogP contribution in [-0.2, 0) is 6.54 Å². The smallest absolute Gasteiger partial charge is 0.270 e. The number of ether oxygens (including phenoxy) is 1. The minimum Gasteiger partial charge on any atom is -0.490 e. The average Bonchev–Trinajstić information content (AvgIpc) is 3.00. The van der Waals surface area contributed by atoms with Crippen LogP contribution in [0.25, 0.3) is 0 Å². The van der Waals surface area contributed by atoms with Crippen LogP contribution in [-0.4, -0.2) is 64.9 Å². The molecule has 0 spiro atoms. The van der Waals surface area contributed by atoms with Gasteiger partial charge in [0.1, 0.15) is 11.4 Å². The van der Waals surface area contributed by atoms with E-state index >= 15 is 0 Å². The molecule has 2 fully saturated rings. The third-order valence-corrected chi connectivity index (χ3v) is 7.72. The Bertz CT molecular complexity index is 1330. The van der Waals surface area contributed by atoms with E-state index in [1.165, 1.54) is 17.3 Å². The van der Waals surface area contributed by atoms with Crippen LogP contribution in [0.1, 0.15) is 63.2 Å². The number of carbonyl (C=O) groups is 2. The van der Waals surface area contributed by atoms with Crippen molar-refractivity contribution in [3.63, 3.8) is 0 Å². The van der Waals surface area contributed by atoms with Crippen LogP contribution in [0.5, 0.6) is 5.75 Å². The molecule has 2 amide bonds. The van der Waals surface area contributed by atoms with Gasteiger partial charge in [-0.3, -0.25) is 19.5 Å². The van der Waals surface area contributed by atoms with E-state index in [1.807, 2.05) is 17.0 Å². The van der Waals surface area contributed by atoms with E-state index < -0.39 is 0 Å². The van der Waals surface area contributed by atoms with Crippen molar-refractivity contribution >= 4 is 11.8 Å². The summed E-state index contributed by atoms with van der Waals surface area (Å²) in [7, 11) is 0. The lowest BCUT2D eigenvalue weighted by atomic mass is 9.92. The number of nitriles is 1. The lowest BCUT2D eigenvalue weighted by Gasteiger charge is -2.34. The Labute approximate surface area is 235 Å². The Hall–Kier alpha value is -4.22. The van der Waals surface area contributed by atoms with E-state index in [0.29, 0.717) is 29.9 Å². The molecule has 0 atom stereocenters. The number of carbonyl (C=O) groups excluding carboxylic acids is 2. The largest absolute Gasteiger partial charge is 0.490 e. The van der Waals surface area contributed by atoms with E-state index in [1.54, 1.807) is 24.3 Å². The standard InChI is InChI=1S/C32H35N5O3/c1-23-2-4-25(5-3-23)22-36-16-18-37(19-17-36)32(39)26-8-15-30(34-21-26)31(38)35-27-9-13-29(14-10-27)40-28-11-6-24(20-33)7-12-28/h2-8,11-12,15,21,27,29H,9-10,13-14,16-19,22H2,1H3,(H,35,38). The van der Waals surface area contributed by atoms with Crippen molar-refractivity contribution in [2.45, 2.75) is 51.3 Å². The first-order valence-electron chi connectivity index (χ1n) is 14.0. The van der Waals surface area contributed by atoms with E-state index in [4.69, 9.17) is 10.00 Å². The number of nitrogens with zero attached hydrogens (tertiary/aromatic N) is 4. The number of nitrogens with one attached hydrogen (secondary N) is 1. The molecule has 0 radical (unpaired) electrons. The van der Waals surface area contributed by atoms with Gasteiger partial charge in [0.2, 0.25) is 0 Å². The Morgan fingerprint density at radius 1 is 0.950 bits per heavy atom. The van der Waals surface area contributed by atoms with Gasteiger partial charge in [0.25, 0.3) is 11.8 Å². The predicted molar refractivity (Wildman–Crippen MR) is 152 cm³/mol. The van der Waals surface area contributed by atoms with Crippen LogP contribution in [0, 0.1) is 18.3 Å². The molecule has 1 aromatic heterocycles. The van der Waals surface area contributed by atoms with Gasteiger partial charge in [-0.1, -0.05) is 29.8 Å². The summed E-state index contributed by atoms with van der Waals surface area (Å²) in [6, 6.07) is 21.2. The number of benzene rings is 2. The van der Waals surface area contributed by atoms with Crippen LogP contribution in [0.15, 0.2) is 66.9 Å². The number of hydrogen-bond acceptors (Lipinski definition) is 6. The second-order valence-electron chi connectivity index (χ2n) is 10.7. The summed E-state index contributed by atoms with van der Waals surface area (Å²) in [6.07, 6.45) is 4.92. The first kappa shape index (κ1) is 27.4. The molecule has 2 aromatic carbocycles. The molecule has 40 heavy (non-hydrogen) atoms. The molecule has 2 aliphatic rings. The van der Waals surface area contributed by atoms with Gasteiger partial charge in [-0.2, -0.15) is 5.26 Å². The summed E-state index contributed by atoms with van der Waals surface area (Å²) in [6.45, 7) is 5.97. The third-order valence-electron chi connectivity index (χ3n) is 7.72. The zero-order chi connectivity index (χ0) is 27.9. The van der Waals surface area contributed by atoms with Gasteiger partial charge in [-0.05, 0) is 74.6 Å². The monoisotopic (exact) mass is 537 g/mol. The molecule has 1 saturated carbocycles. The van der Waals surface area contributed by atoms with Crippen molar-refractivity contribution in [2.24, 2.45) is 0 Å². The lowest BCUT2D eigenvalue weighted by molar-refractivity contribution is 0.0627. The summed E-state index contributed by atoms with van der Waals surface area (Å²) in [5.41, 5.74) is 3.97. The number of pyridine rings is 1. The normalized spacial score (nSPS) is 19.4. The Balaban J connectivity index is 1.05. The molecule has 1 saturated heterocycles. The highest BCUT2D eigenvalue weighted by atomic mass is 16.5. The lowest BCUT2D eigenvalue weighted by Crippen LogP contribution is -2.48. The van der Waals surface area contributed by atoms with Gasteiger partial charge < -0.3 is 15.0 Å². The maximum Gasteiger partial charge on any atom is 0.270 e. The van der Waals surface area contributed by atoms with Crippen LogP contribution in [0.3, 0.4) is 0 Å². The minimum absolute atomic E-state index is 0.0463. The van der Waals surface area contributed by atoms with Crippen LogP contribution >= 0.6 is 0 Å². The van der Waals surface area contributed by atoms with Crippen LogP contribution < -0.4 is 10.1 Å². The van der Waals surface area contributed by atoms with E-state index in [2.05, 4.69) is 52.5 Å². The highest BCUT2D eigenvalue weighted by molar-refractivity contribution is 5.96. The van der Waals surface area contributed by atoms with Crippen molar-refractivity contribution in [3.05, 3.63) is 94.8 Å². The maximum absolute atomic E-state index is 13.0. The van der Waals surface area contributed by atoms with Crippen molar-refractivity contribution in [1.29, 1.82) is 5.26 Å². The fourth-order valence-electron chi connectivity index (χ4n) is 5.28. The molecule has 1 aliphatic carbocycles. The summed E-state index contributed by atoms with van der Waals surface area (Å²) in [5.74, 6) is 0.490. The number of hydrogen-bond donors (Lipinski definition) is 1. The Kier molecular flexibility index (Phi) is 8.72. The molecule has 8 heteroatoms. The molecule has 1 N–H and O–H groups in total. The highest BCUT2D eigenvalue weighted by Gasteiger charge is 2.25. The summed E-state index contributed by atoms with van der Waals surface area (Å²) in [5, 5.41) is 12.0. The van der Waals surface area contributed by atoms with Gasteiger partial charge in [0, 0.05) is 45.0 Å². The predicted octanol–water partition coefficient (Wildman–Crippen LogP) is 4.34. The molecular formula is C32H35N5O3. The van der Waals surface area contributed by atoms with Gasteiger partial charge in [-0.25, -0.2) is 0 Å². The number of piperazine rings is 1. The van der Waals surface area contributed by atoms with E-state index in [-0.39, 0.29) is 24.0 Å². The van der Waals surface area contributed by atoms with E-state index in [0.717, 1.165) is 51.1 Å². The molecule has 206 valence electrons. The molecular weight excluding hydrogens is 502 g/mol. The number of rotatable bonds is 7. The quantitative estimate of drug-likeness (QED) is 0.482. The average molecular weight is 538 g/mol. The molecule has 0 bridgehead atoms. The summed E-state index contributed by atoms with van der Waals surface area (Å²) in [4.78, 5) is 34.4. The Morgan fingerprint density at radius 2 is 1.65 bits per heavy atom. The van der Waals surface area contributed by atoms with Gasteiger partial charge >= 0.3 is 0 Å². The van der Waals surface area contributed by atoms with Crippen molar-refractivity contribution in [1.82, 2.24) is 20.1 Å². The number of aryl methyl sites for hydroxylation is 1. The van der Waals surface area contributed by atoms with Crippen molar-refractivity contribution in [3.8, 4) is 11.8 Å². The first-order chi connectivity index (χ1) is 19.5. The Morgan fingerprint density at radius 3 is 2.27 bits per heavy atom. The summed E-state index contributed by atoms with van der Waals surface area (Å²) < 4.78 is 6.04.